The van der Waals surface area contributed by atoms with Gasteiger partial charge in [0.05, 0.1) is 0 Å². The summed E-state index contributed by atoms with van der Waals surface area (Å²) in [6.45, 7) is 8.12. The first-order chi connectivity index (χ1) is 14.7. The predicted octanol–water partition coefficient (Wildman–Crippen LogP) is 4.70. The highest BCUT2D eigenvalue weighted by atomic mass is 19.1. The van der Waals surface area contributed by atoms with E-state index in [-0.39, 0.29) is 17.5 Å². The topological polar surface area (TPSA) is 76.1 Å². The lowest BCUT2D eigenvalue weighted by molar-refractivity contribution is -0.139. The zero-order chi connectivity index (χ0) is 23.0. The minimum absolute atomic E-state index is 0.0965. The maximum atomic E-state index is 13.2. The number of hydrogen-bond acceptors (Lipinski definition) is 4. The first-order valence-corrected chi connectivity index (χ1v) is 10.1. The summed E-state index contributed by atoms with van der Waals surface area (Å²) in [6, 6.07) is 11.0. The summed E-state index contributed by atoms with van der Waals surface area (Å²) >= 11 is 0. The molecule has 1 amide bonds. The van der Waals surface area contributed by atoms with Gasteiger partial charge in [-0.3, -0.25) is 4.79 Å². The normalized spacial score (nSPS) is 12.2. The molecule has 1 atom stereocenters. The van der Waals surface area contributed by atoms with E-state index < -0.39 is 18.7 Å². The van der Waals surface area contributed by atoms with Gasteiger partial charge in [-0.2, -0.15) is 0 Å². The van der Waals surface area contributed by atoms with Crippen LogP contribution in [0.5, 0.6) is 11.5 Å². The third kappa shape index (κ3) is 6.84. The average Bonchev–Trinajstić information content (AvgIpc) is 2.74. The Morgan fingerprint density at radius 1 is 1.10 bits per heavy atom. The van der Waals surface area contributed by atoms with Crippen molar-refractivity contribution >= 4 is 17.4 Å². The fourth-order valence-electron chi connectivity index (χ4n) is 2.99. The van der Waals surface area contributed by atoms with Crippen molar-refractivity contribution in [1.82, 2.24) is 4.90 Å². The lowest BCUT2D eigenvalue weighted by Crippen LogP contribution is -2.28. The highest BCUT2D eigenvalue weighted by Crippen LogP contribution is 2.34. The zero-order valence-corrected chi connectivity index (χ0v) is 18.2. The smallest absolute Gasteiger partial charge is 0.341 e. The number of hydrogen-bond donors (Lipinski definition) is 1. The van der Waals surface area contributed by atoms with E-state index in [1.807, 2.05) is 13.8 Å². The van der Waals surface area contributed by atoms with Crippen LogP contribution in [-0.4, -0.2) is 41.6 Å². The van der Waals surface area contributed by atoms with Crippen LogP contribution in [0.4, 0.5) is 4.39 Å². The number of carbonyl (C=O) groups excluding carboxylic acids is 1. The van der Waals surface area contributed by atoms with E-state index in [1.54, 1.807) is 55.2 Å². The summed E-state index contributed by atoms with van der Waals surface area (Å²) in [7, 11) is 0. The maximum absolute atomic E-state index is 13.2. The largest absolute Gasteiger partial charge is 0.482 e. The van der Waals surface area contributed by atoms with Crippen LogP contribution in [0.25, 0.3) is 5.57 Å². The van der Waals surface area contributed by atoms with Crippen molar-refractivity contribution in [1.29, 1.82) is 0 Å². The molecule has 0 aliphatic carbocycles. The van der Waals surface area contributed by atoms with Crippen LogP contribution >= 0.6 is 0 Å². The Kier molecular flexibility index (Phi) is 8.61. The molecule has 6 nitrogen and oxygen atoms in total. The van der Waals surface area contributed by atoms with E-state index in [4.69, 9.17) is 14.6 Å². The maximum Gasteiger partial charge on any atom is 0.341 e. The molecule has 166 valence electrons. The molecular formula is C24H28FNO5. The van der Waals surface area contributed by atoms with Crippen LogP contribution in [0, 0.1) is 5.82 Å². The van der Waals surface area contributed by atoms with Crippen molar-refractivity contribution in [2.45, 2.75) is 33.8 Å². The fraction of sp³-hybridized carbons (Fsp3) is 0.333. The molecule has 0 fully saturated rings. The highest BCUT2D eigenvalue weighted by Gasteiger charge is 2.15. The molecule has 1 unspecified atom stereocenters. The number of carboxylic acids is 1. The van der Waals surface area contributed by atoms with E-state index in [9.17, 15) is 14.0 Å². The quantitative estimate of drug-likeness (QED) is 0.554. The van der Waals surface area contributed by atoms with Gasteiger partial charge in [-0.25, -0.2) is 9.18 Å². The van der Waals surface area contributed by atoms with Gasteiger partial charge in [0.15, 0.2) is 18.1 Å². The van der Waals surface area contributed by atoms with Gasteiger partial charge < -0.3 is 19.5 Å². The standard InChI is InChI=1S/C24H28FNO5/c1-5-26(6-2)23(27)13-16(3)19-9-12-21(22(14-19)30-15-24(28)29)31-17(4)18-7-10-20(25)11-8-18/h7-14,17H,5-6,15H2,1-4H3,(H,28,29). The molecule has 0 radical (unpaired) electrons. The van der Waals surface area contributed by atoms with E-state index in [0.29, 0.717) is 24.4 Å². The number of likely N-dealkylation sites (N-methyl/N-ethyl adjacent to an activating group) is 1. The molecule has 2 aromatic rings. The van der Waals surface area contributed by atoms with Gasteiger partial charge in [-0.15, -0.1) is 0 Å². The number of carbonyl (C=O) groups is 2. The van der Waals surface area contributed by atoms with Crippen LogP contribution < -0.4 is 9.47 Å². The number of aliphatic carboxylic acids is 1. The van der Waals surface area contributed by atoms with Crippen molar-refractivity contribution in [2.24, 2.45) is 0 Å². The number of rotatable bonds is 10. The number of amides is 1. The third-order valence-electron chi connectivity index (χ3n) is 4.81. The van der Waals surface area contributed by atoms with Gasteiger partial charge in [0.2, 0.25) is 5.91 Å². The average molecular weight is 429 g/mol. The first-order valence-electron chi connectivity index (χ1n) is 10.1. The second-order valence-electron chi connectivity index (χ2n) is 6.99. The van der Waals surface area contributed by atoms with Crippen LogP contribution in [0.15, 0.2) is 48.5 Å². The number of benzene rings is 2. The summed E-state index contributed by atoms with van der Waals surface area (Å²) in [4.78, 5) is 25.1. The highest BCUT2D eigenvalue weighted by molar-refractivity contribution is 5.95. The fourth-order valence-corrected chi connectivity index (χ4v) is 2.99. The Morgan fingerprint density at radius 2 is 1.74 bits per heavy atom. The zero-order valence-electron chi connectivity index (χ0n) is 18.2. The second kappa shape index (κ2) is 11.2. The monoisotopic (exact) mass is 429 g/mol. The second-order valence-corrected chi connectivity index (χ2v) is 6.99. The number of halogens is 1. The number of carboxylic acid groups (broad SMARTS) is 1. The minimum atomic E-state index is -1.12. The Hall–Kier alpha value is -3.35. The van der Waals surface area contributed by atoms with Crippen molar-refractivity contribution in [3.05, 3.63) is 65.5 Å². The molecule has 0 heterocycles. The molecule has 1 N–H and O–H groups in total. The minimum Gasteiger partial charge on any atom is -0.482 e. The third-order valence-corrected chi connectivity index (χ3v) is 4.81. The van der Waals surface area contributed by atoms with Crippen molar-refractivity contribution < 1.29 is 28.6 Å². The molecule has 0 saturated carbocycles. The molecular weight excluding hydrogens is 401 g/mol. The molecule has 0 aromatic heterocycles. The molecule has 31 heavy (non-hydrogen) atoms. The Morgan fingerprint density at radius 3 is 2.32 bits per heavy atom. The van der Waals surface area contributed by atoms with E-state index in [2.05, 4.69) is 0 Å². The number of ether oxygens (including phenoxy) is 2. The molecule has 0 bridgehead atoms. The lowest BCUT2D eigenvalue weighted by Gasteiger charge is -2.19. The predicted molar refractivity (Wildman–Crippen MR) is 117 cm³/mol. The molecule has 2 rings (SSSR count). The van der Waals surface area contributed by atoms with E-state index in [1.165, 1.54) is 12.1 Å². The number of nitrogens with zero attached hydrogens (tertiary/aromatic N) is 1. The van der Waals surface area contributed by atoms with Gasteiger partial charge >= 0.3 is 5.97 Å². The molecule has 7 heteroatoms. The summed E-state index contributed by atoms with van der Waals surface area (Å²) in [6.07, 6.45) is 1.13. The molecule has 0 saturated heterocycles. The van der Waals surface area contributed by atoms with Gasteiger partial charge in [0.25, 0.3) is 0 Å². The van der Waals surface area contributed by atoms with E-state index in [0.717, 1.165) is 11.1 Å². The van der Waals surface area contributed by atoms with Crippen LogP contribution in [0.3, 0.4) is 0 Å². The summed E-state index contributed by atoms with van der Waals surface area (Å²) in [5, 5.41) is 9.00. The molecule has 0 aliphatic rings. The summed E-state index contributed by atoms with van der Waals surface area (Å²) < 4.78 is 24.6. The van der Waals surface area contributed by atoms with Gasteiger partial charge in [-0.05, 0) is 68.7 Å². The summed E-state index contributed by atoms with van der Waals surface area (Å²) in [5.74, 6) is -0.957. The van der Waals surface area contributed by atoms with E-state index >= 15 is 0 Å². The van der Waals surface area contributed by atoms with Gasteiger partial charge in [0, 0.05) is 19.2 Å². The van der Waals surface area contributed by atoms with Crippen LogP contribution in [0.2, 0.25) is 0 Å². The summed E-state index contributed by atoms with van der Waals surface area (Å²) in [5.41, 5.74) is 2.19. The number of allylic oxidation sites excluding steroid dienone is 1. The lowest BCUT2D eigenvalue weighted by atomic mass is 10.1. The van der Waals surface area contributed by atoms with Crippen molar-refractivity contribution in [3.8, 4) is 11.5 Å². The van der Waals surface area contributed by atoms with Crippen LogP contribution in [0.1, 0.15) is 44.9 Å². The Bertz CT molecular complexity index is 935. The molecule has 2 aromatic carbocycles. The SMILES string of the molecule is CCN(CC)C(=O)C=C(C)c1ccc(OC(C)c2ccc(F)cc2)c(OCC(=O)O)c1. The van der Waals surface area contributed by atoms with Gasteiger partial charge in [-0.1, -0.05) is 18.2 Å². The molecule has 0 spiro atoms. The van der Waals surface area contributed by atoms with Gasteiger partial charge in [0.1, 0.15) is 11.9 Å². The Labute approximate surface area is 181 Å². The molecule has 0 aliphatic heterocycles. The Balaban J connectivity index is 2.31. The first kappa shape index (κ1) is 23.9. The van der Waals surface area contributed by atoms with Crippen LogP contribution in [-0.2, 0) is 9.59 Å². The van der Waals surface area contributed by atoms with Crippen molar-refractivity contribution in [3.63, 3.8) is 0 Å². The van der Waals surface area contributed by atoms with Crippen molar-refractivity contribution in [2.75, 3.05) is 19.7 Å².